The van der Waals surface area contributed by atoms with Crippen LogP contribution in [0.1, 0.15) is 24.5 Å². The van der Waals surface area contributed by atoms with Crippen molar-refractivity contribution in [3.63, 3.8) is 0 Å². The lowest BCUT2D eigenvalue weighted by Crippen LogP contribution is -2.43. The largest absolute Gasteiger partial charge is 0.396 e. The number of imide groups is 1. The van der Waals surface area contributed by atoms with E-state index in [0.717, 1.165) is 10.6 Å². The first-order valence-electron chi connectivity index (χ1n) is 11.1. The van der Waals surface area contributed by atoms with E-state index in [1.165, 1.54) is 6.07 Å². The molecule has 0 saturated heterocycles. The molecule has 2 aromatic carbocycles. The Morgan fingerprint density at radius 2 is 1.86 bits per heavy atom. The number of benzene rings is 2. The van der Waals surface area contributed by atoms with Gasteiger partial charge in [-0.25, -0.2) is 9.07 Å². The van der Waals surface area contributed by atoms with Gasteiger partial charge in [0.1, 0.15) is 23.2 Å². The van der Waals surface area contributed by atoms with Gasteiger partial charge in [0.2, 0.25) is 0 Å². The van der Waals surface area contributed by atoms with Gasteiger partial charge in [-0.1, -0.05) is 30.3 Å². The average Bonchev–Trinajstić information content (AvgIpc) is 3.28. The first-order chi connectivity index (χ1) is 16.8. The summed E-state index contributed by atoms with van der Waals surface area (Å²) in [5, 5.41) is 23.4. The Balaban J connectivity index is 1.91. The van der Waals surface area contributed by atoms with E-state index in [4.69, 9.17) is 0 Å². The van der Waals surface area contributed by atoms with Crippen LogP contribution >= 0.6 is 0 Å². The van der Waals surface area contributed by atoms with Gasteiger partial charge in [0.05, 0.1) is 5.69 Å². The van der Waals surface area contributed by atoms with Crippen LogP contribution in [0.3, 0.4) is 0 Å². The highest BCUT2D eigenvalue weighted by Gasteiger charge is 2.35. The van der Waals surface area contributed by atoms with Gasteiger partial charge in [0, 0.05) is 36.0 Å². The number of rotatable bonds is 6. The van der Waals surface area contributed by atoms with E-state index in [-0.39, 0.29) is 42.1 Å². The lowest BCUT2D eigenvalue weighted by atomic mass is 9.93. The molecular weight excluding hydrogens is 447 g/mol. The molecule has 0 radical (unpaired) electrons. The van der Waals surface area contributed by atoms with Crippen molar-refractivity contribution in [2.24, 2.45) is 0 Å². The van der Waals surface area contributed by atoms with Crippen molar-refractivity contribution in [3.8, 4) is 23.0 Å². The minimum absolute atomic E-state index is 0.0106. The number of amides is 2. The smallest absolute Gasteiger partial charge is 0.271 e. The number of halogens is 1. The van der Waals surface area contributed by atoms with Crippen molar-refractivity contribution >= 4 is 17.9 Å². The highest BCUT2D eigenvalue weighted by Crippen LogP contribution is 2.31. The molecule has 4 rings (SSSR count). The standard InChI is InChI=1S/C27H23FN4O3/c1-17-9-10-19(14-24(17)28)25-20(16-32(30-25)21-7-4-3-5-8-21)13-22-18(2)23(15-29)27(35)31(26(22)34)11-6-12-33/h3-5,7-10,13-14,16,33H,6,11-12H2,1-2H3/b22-13+. The summed E-state index contributed by atoms with van der Waals surface area (Å²) in [6.07, 6.45) is 3.49. The second-order valence-corrected chi connectivity index (χ2v) is 8.19. The van der Waals surface area contributed by atoms with E-state index < -0.39 is 11.8 Å². The fourth-order valence-electron chi connectivity index (χ4n) is 3.89. The maximum Gasteiger partial charge on any atom is 0.271 e. The fourth-order valence-corrected chi connectivity index (χ4v) is 3.89. The van der Waals surface area contributed by atoms with E-state index in [2.05, 4.69) is 5.10 Å². The average molecular weight is 471 g/mol. The molecule has 0 aliphatic carbocycles. The summed E-state index contributed by atoms with van der Waals surface area (Å²) in [6.45, 7) is 3.01. The number of aromatic nitrogens is 2. The monoisotopic (exact) mass is 470 g/mol. The van der Waals surface area contributed by atoms with E-state index >= 15 is 0 Å². The number of nitriles is 1. The highest BCUT2D eigenvalue weighted by atomic mass is 19.1. The van der Waals surface area contributed by atoms with E-state index in [1.807, 2.05) is 36.4 Å². The molecule has 0 fully saturated rings. The quantitative estimate of drug-likeness (QED) is 0.434. The van der Waals surface area contributed by atoms with Gasteiger partial charge in [-0.3, -0.25) is 14.5 Å². The molecule has 0 atom stereocenters. The molecule has 3 aromatic rings. The Hall–Kier alpha value is -4.35. The van der Waals surface area contributed by atoms with Crippen LogP contribution in [0.25, 0.3) is 23.0 Å². The first kappa shape index (κ1) is 23.8. The van der Waals surface area contributed by atoms with Gasteiger partial charge in [-0.05, 0) is 55.7 Å². The number of aliphatic hydroxyl groups excluding tert-OH is 1. The zero-order chi connectivity index (χ0) is 25.1. The summed E-state index contributed by atoms with van der Waals surface area (Å²) in [6, 6.07) is 16.0. The minimum atomic E-state index is -0.679. The topological polar surface area (TPSA) is 99.2 Å². The van der Waals surface area contributed by atoms with Gasteiger partial charge >= 0.3 is 0 Å². The molecule has 0 bridgehead atoms. The maximum absolute atomic E-state index is 14.4. The number of aryl methyl sites for hydroxylation is 1. The maximum atomic E-state index is 14.4. The number of aliphatic hydroxyl groups is 1. The van der Waals surface area contributed by atoms with Crippen LogP contribution in [0.5, 0.6) is 0 Å². The summed E-state index contributed by atoms with van der Waals surface area (Å²) in [7, 11) is 0. The molecule has 2 heterocycles. The Morgan fingerprint density at radius 1 is 1.11 bits per heavy atom. The third kappa shape index (κ3) is 4.54. The van der Waals surface area contributed by atoms with Crippen LogP contribution < -0.4 is 0 Å². The van der Waals surface area contributed by atoms with Gasteiger partial charge in [-0.15, -0.1) is 0 Å². The normalized spacial score (nSPS) is 15.2. The number of carbonyl (C=O) groups excluding carboxylic acids is 2. The first-order valence-corrected chi connectivity index (χ1v) is 11.1. The lowest BCUT2D eigenvalue weighted by molar-refractivity contribution is -0.140. The third-order valence-electron chi connectivity index (χ3n) is 5.87. The van der Waals surface area contributed by atoms with Gasteiger partial charge in [0.15, 0.2) is 0 Å². The molecular formula is C27H23FN4O3. The van der Waals surface area contributed by atoms with Crippen LogP contribution in [0.2, 0.25) is 0 Å². The summed E-state index contributed by atoms with van der Waals surface area (Å²) in [5.74, 6) is -1.62. The fraction of sp³-hybridized carbons (Fsp3) is 0.185. The molecule has 1 N–H and O–H groups in total. The SMILES string of the molecule is CC1=C(C#N)C(=O)N(CCCO)C(=O)/C1=C/c1cn(-c2ccccc2)nc1-c1ccc(C)c(F)c1. The predicted molar refractivity (Wildman–Crippen MR) is 128 cm³/mol. The number of hydrogen-bond donors (Lipinski definition) is 1. The summed E-state index contributed by atoms with van der Waals surface area (Å²) in [4.78, 5) is 26.9. The Kier molecular flexibility index (Phi) is 6.71. The number of carbonyl (C=O) groups is 2. The van der Waals surface area contributed by atoms with E-state index in [0.29, 0.717) is 22.4 Å². The van der Waals surface area contributed by atoms with E-state index in [9.17, 15) is 24.3 Å². The highest BCUT2D eigenvalue weighted by molar-refractivity contribution is 6.19. The lowest BCUT2D eigenvalue weighted by Gasteiger charge is -2.27. The van der Waals surface area contributed by atoms with Crippen molar-refractivity contribution in [3.05, 3.63) is 88.4 Å². The molecule has 1 aliphatic heterocycles. The summed E-state index contributed by atoms with van der Waals surface area (Å²) < 4.78 is 16.0. The molecule has 1 aromatic heterocycles. The molecule has 176 valence electrons. The molecule has 1 aliphatic rings. The molecule has 7 nitrogen and oxygen atoms in total. The zero-order valence-electron chi connectivity index (χ0n) is 19.3. The van der Waals surface area contributed by atoms with Crippen molar-refractivity contribution in [1.29, 1.82) is 5.26 Å². The van der Waals surface area contributed by atoms with Crippen molar-refractivity contribution in [1.82, 2.24) is 14.7 Å². The van der Waals surface area contributed by atoms with Crippen LogP contribution in [-0.4, -0.2) is 44.8 Å². The van der Waals surface area contributed by atoms with Crippen molar-refractivity contribution in [2.75, 3.05) is 13.2 Å². The Labute approximate surface area is 202 Å². The molecule has 2 amide bonds. The van der Waals surface area contributed by atoms with Gasteiger partial charge in [0.25, 0.3) is 11.8 Å². The molecule has 0 saturated carbocycles. The van der Waals surface area contributed by atoms with Gasteiger partial charge in [-0.2, -0.15) is 10.4 Å². The van der Waals surface area contributed by atoms with Crippen LogP contribution in [-0.2, 0) is 9.59 Å². The number of hydrogen-bond acceptors (Lipinski definition) is 5. The predicted octanol–water partition coefficient (Wildman–Crippen LogP) is 3.96. The minimum Gasteiger partial charge on any atom is -0.396 e. The molecule has 35 heavy (non-hydrogen) atoms. The molecule has 8 heteroatoms. The van der Waals surface area contributed by atoms with Gasteiger partial charge < -0.3 is 5.11 Å². The second kappa shape index (κ2) is 9.87. The number of para-hydroxylation sites is 1. The summed E-state index contributed by atoms with van der Waals surface area (Å²) >= 11 is 0. The Morgan fingerprint density at radius 3 is 2.51 bits per heavy atom. The molecule has 0 spiro atoms. The molecule has 0 unspecified atom stereocenters. The zero-order valence-corrected chi connectivity index (χ0v) is 19.3. The van der Waals surface area contributed by atoms with Crippen LogP contribution in [0, 0.1) is 24.1 Å². The second-order valence-electron chi connectivity index (χ2n) is 8.19. The van der Waals surface area contributed by atoms with Crippen molar-refractivity contribution < 1.29 is 19.1 Å². The van der Waals surface area contributed by atoms with E-state index in [1.54, 1.807) is 42.9 Å². The Bertz CT molecular complexity index is 1410. The van der Waals surface area contributed by atoms with Crippen molar-refractivity contribution in [2.45, 2.75) is 20.3 Å². The van der Waals surface area contributed by atoms with Crippen LogP contribution in [0.15, 0.2) is 71.4 Å². The summed E-state index contributed by atoms with van der Waals surface area (Å²) in [5.41, 5.74) is 3.05. The van der Waals surface area contributed by atoms with Crippen LogP contribution in [0.4, 0.5) is 4.39 Å². The third-order valence-corrected chi connectivity index (χ3v) is 5.87. The number of nitrogens with zero attached hydrogens (tertiary/aromatic N) is 4.